The zero-order chi connectivity index (χ0) is 17.5. The first-order chi connectivity index (χ1) is 12.8. The predicted octanol–water partition coefficient (Wildman–Crippen LogP) is 4.01. The molecule has 2 unspecified atom stereocenters. The average molecular weight is 366 g/mol. The van der Waals surface area contributed by atoms with Crippen molar-refractivity contribution < 1.29 is 0 Å². The third kappa shape index (κ3) is 3.00. The van der Waals surface area contributed by atoms with Crippen molar-refractivity contribution in [3.63, 3.8) is 0 Å². The van der Waals surface area contributed by atoms with Gasteiger partial charge in [-0.25, -0.2) is 0 Å². The van der Waals surface area contributed by atoms with Crippen LogP contribution in [0.4, 0.5) is 0 Å². The lowest BCUT2D eigenvalue weighted by Gasteiger charge is -2.37. The van der Waals surface area contributed by atoms with Gasteiger partial charge in [-0.3, -0.25) is 4.90 Å². The normalized spacial score (nSPS) is 25.3. The van der Waals surface area contributed by atoms with E-state index in [1.165, 1.54) is 34.5 Å². The lowest BCUT2D eigenvalue weighted by molar-refractivity contribution is 0.185. The highest BCUT2D eigenvalue weighted by Gasteiger charge is 2.32. The molecular formula is C22H24ClN3. The fraction of sp³-hybridized carbons (Fsp3) is 0.364. The van der Waals surface area contributed by atoms with Crippen molar-refractivity contribution in [3.05, 3.63) is 81.6 Å². The largest absolute Gasteiger partial charge is 0.364 e. The summed E-state index contributed by atoms with van der Waals surface area (Å²) >= 11 is 6.22. The summed E-state index contributed by atoms with van der Waals surface area (Å²) in [6.07, 6.45) is 4.84. The van der Waals surface area contributed by atoms with Crippen LogP contribution in [-0.2, 0) is 12.8 Å². The summed E-state index contributed by atoms with van der Waals surface area (Å²) < 4.78 is 0. The van der Waals surface area contributed by atoms with Gasteiger partial charge in [-0.2, -0.15) is 0 Å². The first-order valence-corrected chi connectivity index (χ1v) is 9.95. The van der Waals surface area contributed by atoms with E-state index in [1.807, 2.05) is 6.07 Å². The highest BCUT2D eigenvalue weighted by atomic mass is 35.5. The molecule has 2 aromatic carbocycles. The Morgan fingerprint density at radius 3 is 2.65 bits per heavy atom. The molecule has 0 bridgehead atoms. The molecule has 0 saturated heterocycles. The summed E-state index contributed by atoms with van der Waals surface area (Å²) in [6.45, 7) is 2.15. The van der Waals surface area contributed by atoms with Gasteiger partial charge in [0.25, 0.3) is 0 Å². The number of hydrogen-bond donors (Lipinski definition) is 2. The standard InChI is InChI=1S/C22H24ClN3/c23-18-8-6-15-7-9-19(13-17(15)12-18)26-11-10-20-21(14-26)25-22(24-20)16-4-2-1-3-5-16/h1-6,8,12,19,22,24-25H,7,9-11,13-14H2. The lowest BCUT2D eigenvalue weighted by atomic mass is 9.87. The summed E-state index contributed by atoms with van der Waals surface area (Å²) in [6, 6.07) is 17.7. The maximum Gasteiger partial charge on any atom is 0.123 e. The van der Waals surface area contributed by atoms with Crippen molar-refractivity contribution in [3.8, 4) is 0 Å². The van der Waals surface area contributed by atoms with Gasteiger partial charge in [-0.15, -0.1) is 0 Å². The predicted molar refractivity (Wildman–Crippen MR) is 106 cm³/mol. The molecule has 2 aliphatic heterocycles. The fourth-order valence-corrected chi connectivity index (χ4v) is 4.80. The van der Waals surface area contributed by atoms with Crippen molar-refractivity contribution in [2.24, 2.45) is 0 Å². The summed E-state index contributed by atoms with van der Waals surface area (Å²) in [7, 11) is 0. The average Bonchev–Trinajstić information content (AvgIpc) is 3.11. The number of aryl methyl sites for hydroxylation is 1. The van der Waals surface area contributed by atoms with Crippen molar-refractivity contribution in [2.45, 2.75) is 37.9 Å². The Hall–Kier alpha value is -1.97. The van der Waals surface area contributed by atoms with Gasteiger partial charge in [0, 0.05) is 42.0 Å². The zero-order valence-corrected chi connectivity index (χ0v) is 15.6. The van der Waals surface area contributed by atoms with Crippen molar-refractivity contribution >= 4 is 11.6 Å². The van der Waals surface area contributed by atoms with Gasteiger partial charge in [0.15, 0.2) is 0 Å². The highest BCUT2D eigenvalue weighted by molar-refractivity contribution is 6.30. The van der Waals surface area contributed by atoms with Gasteiger partial charge < -0.3 is 10.6 Å². The Morgan fingerprint density at radius 2 is 1.77 bits per heavy atom. The maximum atomic E-state index is 6.22. The SMILES string of the molecule is Clc1ccc2c(c1)CC(N1CCC3=C(C1)NC(c1ccccc1)N3)CC2. The molecule has 1 aliphatic carbocycles. The van der Waals surface area contributed by atoms with E-state index in [0.29, 0.717) is 6.04 Å². The van der Waals surface area contributed by atoms with Gasteiger partial charge in [-0.1, -0.05) is 48.0 Å². The van der Waals surface area contributed by atoms with Crippen LogP contribution in [0.3, 0.4) is 0 Å². The molecule has 134 valence electrons. The molecule has 2 atom stereocenters. The van der Waals surface area contributed by atoms with E-state index in [1.54, 1.807) is 0 Å². The summed E-state index contributed by atoms with van der Waals surface area (Å²) in [5, 5.41) is 8.25. The molecule has 4 heteroatoms. The summed E-state index contributed by atoms with van der Waals surface area (Å²) in [5.74, 6) is 0. The van der Waals surface area contributed by atoms with Gasteiger partial charge in [0.2, 0.25) is 0 Å². The number of rotatable bonds is 2. The van der Waals surface area contributed by atoms with Crippen LogP contribution in [0.1, 0.15) is 35.7 Å². The molecule has 3 nitrogen and oxygen atoms in total. The molecule has 0 fully saturated rings. The zero-order valence-electron chi connectivity index (χ0n) is 14.8. The van der Waals surface area contributed by atoms with E-state index in [9.17, 15) is 0 Å². The van der Waals surface area contributed by atoms with Crippen molar-refractivity contribution in [1.82, 2.24) is 15.5 Å². The lowest BCUT2D eigenvalue weighted by Crippen LogP contribution is -2.44. The summed E-state index contributed by atoms with van der Waals surface area (Å²) in [5.41, 5.74) is 6.99. The number of nitrogens with zero attached hydrogens (tertiary/aromatic N) is 1. The van der Waals surface area contributed by atoms with E-state index in [-0.39, 0.29) is 6.17 Å². The molecule has 2 heterocycles. The molecule has 0 radical (unpaired) electrons. The van der Waals surface area contributed by atoms with Crippen LogP contribution >= 0.6 is 11.6 Å². The first kappa shape index (κ1) is 16.2. The monoisotopic (exact) mass is 365 g/mol. The van der Waals surface area contributed by atoms with Crippen molar-refractivity contribution in [2.75, 3.05) is 13.1 Å². The second kappa shape index (κ2) is 6.64. The minimum atomic E-state index is 0.215. The number of halogens is 1. The van der Waals surface area contributed by atoms with E-state index in [2.05, 4.69) is 58.0 Å². The maximum absolute atomic E-state index is 6.22. The Kier molecular flexibility index (Phi) is 4.14. The van der Waals surface area contributed by atoms with E-state index < -0.39 is 0 Å². The quantitative estimate of drug-likeness (QED) is 0.842. The molecule has 2 aromatic rings. The number of hydrogen-bond acceptors (Lipinski definition) is 3. The topological polar surface area (TPSA) is 27.3 Å². The molecule has 3 aliphatic rings. The first-order valence-electron chi connectivity index (χ1n) is 9.58. The Balaban J connectivity index is 1.28. The van der Waals surface area contributed by atoms with Gasteiger partial charge in [0.1, 0.15) is 6.17 Å². The van der Waals surface area contributed by atoms with Crippen LogP contribution in [0.2, 0.25) is 5.02 Å². The Morgan fingerprint density at radius 1 is 0.923 bits per heavy atom. The van der Waals surface area contributed by atoms with Crippen LogP contribution in [0.25, 0.3) is 0 Å². The molecule has 0 amide bonds. The second-order valence-electron chi connectivity index (χ2n) is 7.62. The van der Waals surface area contributed by atoms with Crippen molar-refractivity contribution in [1.29, 1.82) is 0 Å². The minimum absolute atomic E-state index is 0.215. The fourth-order valence-electron chi connectivity index (χ4n) is 4.60. The molecule has 5 rings (SSSR count). The van der Waals surface area contributed by atoms with Gasteiger partial charge >= 0.3 is 0 Å². The van der Waals surface area contributed by atoms with E-state index >= 15 is 0 Å². The Labute approximate surface area is 160 Å². The Bertz CT molecular complexity index is 846. The second-order valence-corrected chi connectivity index (χ2v) is 8.06. The number of fused-ring (bicyclic) bond motifs is 1. The smallest absolute Gasteiger partial charge is 0.123 e. The number of nitrogens with one attached hydrogen (secondary N) is 2. The third-order valence-corrected chi connectivity index (χ3v) is 6.27. The third-order valence-electron chi connectivity index (χ3n) is 6.03. The van der Waals surface area contributed by atoms with Crippen LogP contribution in [-0.4, -0.2) is 24.0 Å². The van der Waals surface area contributed by atoms with Gasteiger partial charge in [0.05, 0.1) is 0 Å². The molecular weight excluding hydrogens is 342 g/mol. The number of benzene rings is 2. The molecule has 0 aromatic heterocycles. The molecule has 26 heavy (non-hydrogen) atoms. The van der Waals surface area contributed by atoms with Crippen LogP contribution in [0.5, 0.6) is 0 Å². The molecule has 2 N–H and O–H groups in total. The van der Waals surface area contributed by atoms with Crippen LogP contribution in [0, 0.1) is 0 Å². The highest BCUT2D eigenvalue weighted by Crippen LogP contribution is 2.31. The minimum Gasteiger partial charge on any atom is -0.364 e. The molecule has 0 spiro atoms. The van der Waals surface area contributed by atoms with E-state index in [0.717, 1.165) is 37.4 Å². The van der Waals surface area contributed by atoms with Crippen LogP contribution < -0.4 is 10.6 Å². The summed E-state index contributed by atoms with van der Waals surface area (Å²) in [4.78, 5) is 2.66. The van der Waals surface area contributed by atoms with E-state index in [4.69, 9.17) is 11.6 Å². The molecule has 0 saturated carbocycles. The van der Waals surface area contributed by atoms with Crippen LogP contribution in [0.15, 0.2) is 59.9 Å². The van der Waals surface area contributed by atoms with Gasteiger partial charge in [-0.05, 0) is 48.1 Å².